The highest BCUT2D eigenvalue weighted by Crippen LogP contribution is 2.42. The third-order valence-electron chi connectivity index (χ3n) is 2.78. The van der Waals surface area contributed by atoms with Gasteiger partial charge in [-0.3, -0.25) is 0 Å². The van der Waals surface area contributed by atoms with Gasteiger partial charge in [0.2, 0.25) is 0 Å². The summed E-state index contributed by atoms with van der Waals surface area (Å²) in [6, 6.07) is 8.70. The van der Waals surface area contributed by atoms with Crippen molar-refractivity contribution in [3.8, 4) is 11.1 Å². The summed E-state index contributed by atoms with van der Waals surface area (Å²) in [5.74, 6) is 0. The van der Waals surface area contributed by atoms with Crippen molar-refractivity contribution in [3.05, 3.63) is 47.0 Å². The number of nitrogens with one attached hydrogen (secondary N) is 1. The molecule has 0 unspecified atom stereocenters. The number of rotatable bonds is 3. The van der Waals surface area contributed by atoms with Gasteiger partial charge in [-0.25, -0.2) is 0 Å². The van der Waals surface area contributed by atoms with E-state index in [0.29, 0.717) is 10.5 Å². The Balaban J connectivity index is 2.68. The largest absolute Gasteiger partial charge is 0.417 e. The highest BCUT2D eigenvalue weighted by Gasteiger charge is 2.35. The van der Waals surface area contributed by atoms with Gasteiger partial charge in [-0.1, -0.05) is 36.0 Å². The highest BCUT2D eigenvalue weighted by molar-refractivity contribution is 7.80. The van der Waals surface area contributed by atoms with E-state index in [1.807, 2.05) is 0 Å². The summed E-state index contributed by atoms with van der Waals surface area (Å²) in [4.78, 5) is 0.655. The molecule has 0 radical (unpaired) electrons. The van der Waals surface area contributed by atoms with Crippen LogP contribution in [0.4, 0.5) is 18.9 Å². The van der Waals surface area contributed by atoms with Crippen LogP contribution in [0.15, 0.2) is 41.3 Å². The molecule has 21 heavy (non-hydrogen) atoms. The summed E-state index contributed by atoms with van der Waals surface area (Å²) < 4.78 is 39.8. The Bertz CT molecular complexity index is 669. The van der Waals surface area contributed by atoms with Crippen LogP contribution < -0.4 is 5.32 Å². The van der Waals surface area contributed by atoms with Crippen molar-refractivity contribution in [2.24, 2.45) is 0 Å². The Morgan fingerprint density at radius 2 is 1.76 bits per heavy atom. The minimum Gasteiger partial charge on any atom is -0.353 e. The number of anilines is 1. The Hall–Kier alpha value is -1.24. The average Bonchev–Trinajstić information content (AvgIpc) is 2.39. The molecule has 0 amide bonds. The van der Waals surface area contributed by atoms with Crippen molar-refractivity contribution < 1.29 is 13.2 Å². The predicted octanol–water partition coefficient (Wildman–Crippen LogP) is 5.68. The van der Waals surface area contributed by atoms with Gasteiger partial charge in [0.15, 0.2) is 0 Å². The van der Waals surface area contributed by atoms with Crippen LogP contribution in [0.1, 0.15) is 5.56 Å². The first-order valence-corrected chi connectivity index (χ1v) is 7.03. The second-order valence-corrected chi connectivity index (χ2v) is 5.35. The van der Waals surface area contributed by atoms with Crippen molar-refractivity contribution in [2.45, 2.75) is 11.1 Å². The zero-order chi connectivity index (χ0) is 15.6. The SMILES string of the molecule is FC(F)(F)c1cc(NC=S)cc(Cl)c1-c1ccc(S)cc1. The van der Waals surface area contributed by atoms with Gasteiger partial charge >= 0.3 is 6.18 Å². The zero-order valence-electron chi connectivity index (χ0n) is 10.4. The van der Waals surface area contributed by atoms with Gasteiger partial charge < -0.3 is 5.32 Å². The lowest BCUT2D eigenvalue weighted by Gasteiger charge is -2.16. The van der Waals surface area contributed by atoms with E-state index in [-0.39, 0.29) is 16.3 Å². The Labute approximate surface area is 135 Å². The minimum atomic E-state index is -4.53. The summed E-state index contributed by atoms with van der Waals surface area (Å²) >= 11 is 14.7. The Kier molecular flexibility index (Phi) is 4.81. The van der Waals surface area contributed by atoms with Gasteiger partial charge in [-0.15, -0.1) is 12.6 Å². The summed E-state index contributed by atoms with van der Waals surface area (Å²) in [6.07, 6.45) is -4.53. The molecule has 0 saturated heterocycles. The molecule has 0 heterocycles. The third-order valence-corrected chi connectivity index (χ3v) is 3.49. The molecule has 110 valence electrons. The van der Waals surface area contributed by atoms with Crippen LogP contribution in [0.5, 0.6) is 0 Å². The smallest absolute Gasteiger partial charge is 0.353 e. The van der Waals surface area contributed by atoms with Crippen LogP contribution in [0.25, 0.3) is 11.1 Å². The van der Waals surface area contributed by atoms with Gasteiger partial charge in [-0.2, -0.15) is 13.2 Å². The molecule has 0 aliphatic heterocycles. The van der Waals surface area contributed by atoms with E-state index in [2.05, 4.69) is 30.2 Å². The lowest BCUT2D eigenvalue weighted by Crippen LogP contribution is -2.09. The molecular formula is C14H9ClF3NS2. The van der Waals surface area contributed by atoms with Crippen LogP contribution in [0, 0.1) is 0 Å². The highest BCUT2D eigenvalue weighted by atomic mass is 35.5. The first-order valence-electron chi connectivity index (χ1n) is 5.73. The Morgan fingerprint density at radius 3 is 2.29 bits per heavy atom. The molecule has 2 aromatic rings. The quantitative estimate of drug-likeness (QED) is 0.547. The van der Waals surface area contributed by atoms with Crippen LogP contribution in [0.3, 0.4) is 0 Å². The van der Waals surface area contributed by atoms with Crippen molar-refractivity contribution in [1.82, 2.24) is 0 Å². The summed E-state index contributed by atoms with van der Waals surface area (Å²) in [5.41, 5.74) is 0.811. The summed E-state index contributed by atoms with van der Waals surface area (Å²) in [7, 11) is 0. The summed E-state index contributed by atoms with van der Waals surface area (Å²) in [6.45, 7) is 0. The molecular weight excluding hydrogens is 339 g/mol. The minimum absolute atomic E-state index is 0.00362. The van der Waals surface area contributed by atoms with Gasteiger partial charge in [0, 0.05) is 16.1 Å². The maximum Gasteiger partial charge on any atom is 0.417 e. The Morgan fingerprint density at radius 1 is 1.14 bits per heavy atom. The molecule has 0 saturated carbocycles. The molecule has 0 atom stereocenters. The fourth-order valence-corrected chi connectivity index (χ4v) is 2.52. The molecule has 0 fully saturated rings. The van der Waals surface area contributed by atoms with E-state index in [4.69, 9.17) is 11.6 Å². The van der Waals surface area contributed by atoms with Crippen LogP contribution in [0.2, 0.25) is 5.02 Å². The number of thiol groups is 1. The first kappa shape index (κ1) is 16.1. The third kappa shape index (κ3) is 3.70. The molecule has 2 aromatic carbocycles. The van der Waals surface area contributed by atoms with E-state index in [0.717, 1.165) is 11.6 Å². The molecule has 1 nitrogen and oxygen atoms in total. The normalized spacial score (nSPS) is 11.3. The van der Waals surface area contributed by atoms with Crippen molar-refractivity contribution in [1.29, 1.82) is 0 Å². The van der Waals surface area contributed by atoms with Gasteiger partial charge in [0.25, 0.3) is 0 Å². The molecule has 0 aliphatic carbocycles. The fourth-order valence-electron chi connectivity index (χ4n) is 1.90. The van der Waals surface area contributed by atoms with Gasteiger partial charge in [0.1, 0.15) is 0 Å². The second kappa shape index (κ2) is 6.25. The van der Waals surface area contributed by atoms with E-state index >= 15 is 0 Å². The lowest BCUT2D eigenvalue weighted by atomic mass is 9.98. The second-order valence-electron chi connectivity index (χ2n) is 4.19. The van der Waals surface area contributed by atoms with Crippen molar-refractivity contribution >= 4 is 47.6 Å². The maximum atomic E-state index is 13.3. The first-order chi connectivity index (χ1) is 9.82. The number of hydrogen-bond donors (Lipinski definition) is 2. The number of alkyl halides is 3. The van der Waals surface area contributed by atoms with E-state index in [1.54, 1.807) is 24.3 Å². The van der Waals surface area contributed by atoms with Crippen LogP contribution >= 0.6 is 36.4 Å². The number of halogens is 4. The standard InChI is InChI=1S/C14H9ClF3NS2/c15-12-6-9(19-7-20)5-11(14(16,17)18)13(12)8-1-3-10(21)4-2-8/h1-7,21H,(H,19,20). The number of hydrogen-bond acceptors (Lipinski definition) is 2. The van der Waals surface area contributed by atoms with E-state index < -0.39 is 11.7 Å². The lowest BCUT2D eigenvalue weighted by molar-refractivity contribution is -0.137. The average molecular weight is 348 g/mol. The predicted molar refractivity (Wildman–Crippen MR) is 86.4 cm³/mol. The van der Waals surface area contributed by atoms with Gasteiger partial charge in [0.05, 0.1) is 16.1 Å². The van der Waals surface area contributed by atoms with Crippen molar-refractivity contribution in [3.63, 3.8) is 0 Å². The van der Waals surface area contributed by atoms with Crippen LogP contribution in [-0.2, 0) is 6.18 Å². The molecule has 2 rings (SSSR count). The summed E-state index contributed by atoms with van der Waals surface area (Å²) in [5, 5.41) is 2.54. The molecule has 0 bridgehead atoms. The monoisotopic (exact) mass is 347 g/mol. The van der Waals surface area contributed by atoms with E-state index in [1.165, 1.54) is 6.07 Å². The number of benzene rings is 2. The van der Waals surface area contributed by atoms with Crippen molar-refractivity contribution in [2.75, 3.05) is 5.32 Å². The maximum absolute atomic E-state index is 13.3. The molecule has 1 N–H and O–H groups in total. The van der Waals surface area contributed by atoms with Gasteiger partial charge in [-0.05, 0) is 29.8 Å². The topological polar surface area (TPSA) is 12.0 Å². The van der Waals surface area contributed by atoms with E-state index in [9.17, 15) is 13.2 Å². The molecule has 0 spiro atoms. The zero-order valence-corrected chi connectivity index (χ0v) is 12.9. The molecule has 0 aliphatic rings. The van der Waals surface area contributed by atoms with Crippen LogP contribution in [-0.4, -0.2) is 5.49 Å². The fraction of sp³-hybridized carbons (Fsp3) is 0.0714. The molecule has 7 heteroatoms. The number of thiocarbonyl (C=S) groups is 1. The molecule has 0 aromatic heterocycles.